The van der Waals surface area contributed by atoms with E-state index >= 15 is 0 Å². The fourth-order valence-corrected chi connectivity index (χ4v) is 2.05. The zero-order valence-electron chi connectivity index (χ0n) is 15.5. The Morgan fingerprint density at radius 1 is 1.20 bits per heavy atom. The Hall–Kier alpha value is -1.34. The lowest BCUT2D eigenvalue weighted by molar-refractivity contribution is -0.125. The van der Waals surface area contributed by atoms with Gasteiger partial charge in [-0.25, -0.2) is 0 Å². The van der Waals surface area contributed by atoms with Crippen LogP contribution in [0.3, 0.4) is 0 Å². The van der Waals surface area contributed by atoms with Crippen molar-refractivity contribution in [3.63, 3.8) is 0 Å². The van der Waals surface area contributed by atoms with Crippen LogP contribution in [0.25, 0.3) is 0 Å². The Morgan fingerprint density at radius 3 is 2.32 bits per heavy atom. The molecule has 0 bridgehead atoms. The largest absolute Gasteiger partial charge is 0.346 e. The van der Waals surface area contributed by atoms with Crippen molar-refractivity contribution in [1.82, 2.24) is 10.2 Å². The monoisotopic (exact) mass is 392 g/mol. The third-order valence-corrected chi connectivity index (χ3v) is 3.52. The van der Waals surface area contributed by atoms with Crippen LogP contribution < -0.4 is 16.4 Å². The SMILES string of the molecule is Cc1ccc(CN(C)C)cc1NC(=O)CNC(=O)[C@@H](N)C(C)C.Cl.Cl. The molecule has 2 amide bonds. The molecule has 4 N–H and O–H groups in total. The maximum Gasteiger partial charge on any atom is 0.243 e. The number of hydrogen-bond donors (Lipinski definition) is 3. The highest BCUT2D eigenvalue weighted by Gasteiger charge is 2.17. The number of rotatable bonds is 7. The molecule has 1 aromatic rings. The Kier molecular flexibility index (Phi) is 12.5. The van der Waals surface area contributed by atoms with Gasteiger partial charge in [-0.3, -0.25) is 9.59 Å². The molecule has 0 saturated carbocycles. The molecule has 0 radical (unpaired) electrons. The fourth-order valence-electron chi connectivity index (χ4n) is 2.05. The van der Waals surface area contributed by atoms with Gasteiger partial charge in [-0.2, -0.15) is 0 Å². The molecule has 25 heavy (non-hydrogen) atoms. The normalized spacial score (nSPS) is 11.4. The van der Waals surface area contributed by atoms with E-state index in [9.17, 15) is 9.59 Å². The van der Waals surface area contributed by atoms with Gasteiger partial charge < -0.3 is 21.3 Å². The van der Waals surface area contributed by atoms with E-state index in [1.807, 2.05) is 53.1 Å². The zero-order chi connectivity index (χ0) is 17.6. The highest BCUT2D eigenvalue weighted by atomic mass is 35.5. The minimum atomic E-state index is -0.604. The lowest BCUT2D eigenvalue weighted by Crippen LogP contribution is -2.46. The Labute approximate surface area is 162 Å². The number of amides is 2. The summed E-state index contributed by atoms with van der Waals surface area (Å²) in [5.74, 6) is -0.546. The van der Waals surface area contributed by atoms with E-state index in [0.717, 1.165) is 23.4 Å². The molecule has 6 nitrogen and oxygen atoms in total. The van der Waals surface area contributed by atoms with E-state index in [4.69, 9.17) is 5.73 Å². The van der Waals surface area contributed by atoms with Crippen molar-refractivity contribution >= 4 is 42.3 Å². The minimum absolute atomic E-state index is 0. The van der Waals surface area contributed by atoms with E-state index < -0.39 is 6.04 Å². The van der Waals surface area contributed by atoms with Crippen LogP contribution in [-0.4, -0.2) is 43.4 Å². The zero-order valence-corrected chi connectivity index (χ0v) is 17.1. The predicted molar refractivity (Wildman–Crippen MR) is 108 cm³/mol. The Bertz CT molecular complexity index is 566. The molecule has 0 aliphatic rings. The second kappa shape index (κ2) is 12.1. The van der Waals surface area contributed by atoms with E-state index in [0.29, 0.717) is 0 Å². The van der Waals surface area contributed by atoms with Crippen molar-refractivity contribution in [3.05, 3.63) is 29.3 Å². The number of carbonyl (C=O) groups excluding carboxylic acids is 2. The van der Waals surface area contributed by atoms with Crippen LogP contribution in [0.15, 0.2) is 18.2 Å². The first-order valence-electron chi connectivity index (χ1n) is 7.78. The van der Waals surface area contributed by atoms with E-state index in [1.54, 1.807) is 0 Å². The Balaban J connectivity index is 0. The van der Waals surface area contributed by atoms with E-state index in [2.05, 4.69) is 15.5 Å². The summed E-state index contributed by atoms with van der Waals surface area (Å²) in [4.78, 5) is 25.8. The maximum absolute atomic E-state index is 12.0. The number of anilines is 1. The molecule has 1 rings (SSSR count). The molecule has 1 aromatic carbocycles. The summed E-state index contributed by atoms with van der Waals surface area (Å²) in [7, 11) is 3.98. The van der Waals surface area contributed by atoms with Gasteiger partial charge in [-0.1, -0.05) is 26.0 Å². The first kappa shape index (κ1) is 25.9. The molecule has 0 aliphatic carbocycles. The van der Waals surface area contributed by atoms with Crippen molar-refractivity contribution in [2.75, 3.05) is 26.0 Å². The minimum Gasteiger partial charge on any atom is -0.346 e. The van der Waals surface area contributed by atoms with Gasteiger partial charge in [0.1, 0.15) is 0 Å². The number of halogens is 2. The number of benzene rings is 1. The van der Waals surface area contributed by atoms with E-state index in [-0.39, 0.29) is 49.1 Å². The molecule has 0 spiro atoms. The second-order valence-corrected chi connectivity index (χ2v) is 6.42. The fraction of sp³-hybridized carbons (Fsp3) is 0.529. The van der Waals surface area contributed by atoms with Crippen LogP contribution in [0.2, 0.25) is 0 Å². The average Bonchev–Trinajstić information content (AvgIpc) is 2.46. The van der Waals surface area contributed by atoms with Gasteiger partial charge >= 0.3 is 0 Å². The summed E-state index contributed by atoms with van der Waals surface area (Å²) in [6.45, 7) is 6.37. The molecular weight excluding hydrogens is 363 g/mol. The van der Waals surface area contributed by atoms with Gasteiger partial charge in [0.05, 0.1) is 12.6 Å². The first-order valence-corrected chi connectivity index (χ1v) is 7.78. The van der Waals surface area contributed by atoms with Crippen LogP contribution in [-0.2, 0) is 16.1 Å². The number of carbonyl (C=O) groups is 2. The lowest BCUT2D eigenvalue weighted by atomic mass is 10.1. The molecule has 1 atom stereocenters. The standard InChI is InChI=1S/C17H28N4O2.2ClH/c1-11(2)16(18)17(23)19-9-15(22)20-14-8-13(10-21(4)5)7-6-12(14)3;;/h6-8,11,16H,9-10,18H2,1-5H3,(H,19,23)(H,20,22);2*1H/t16-;;/m0../s1. The highest BCUT2D eigenvalue weighted by Crippen LogP contribution is 2.17. The van der Waals surface area contributed by atoms with Gasteiger partial charge in [0.2, 0.25) is 11.8 Å². The molecule has 8 heteroatoms. The average molecular weight is 393 g/mol. The summed E-state index contributed by atoms with van der Waals surface area (Å²) in [5, 5.41) is 5.40. The van der Waals surface area contributed by atoms with Gasteiger partial charge in [0, 0.05) is 12.2 Å². The van der Waals surface area contributed by atoms with Crippen LogP contribution in [0.5, 0.6) is 0 Å². The third kappa shape index (κ3) is 9.07. The molecule has 144 valence electrons. The lowest BCUT2D eigenvalue weighted by Gasteiger charge is -2.16. The predicted octanol–water partition coefficient (Wildman–Crippen LogP) is 1.94. The summed E-state index contributed by atoms with van der Waals surface area (Å²) >= 11 is 0. The smallest absolute Gasteiger partial charge is 0.243 e. The van der Waals surface area contributed by atoms with Crippen molar-refractivity contribution in [2.45, 2.75) is 33.4 Å². The molecular formula is C17H30Cl2N4O2. The van der Waals surface area contributed by atoms with Crippen LogP contribution in [0, 0.1) is 12.8 Å². The summed E-state index contributed by atoms with van der Waals surface area (Å²) < 4.78 is 0. The molecule has 0 saturated heterocycles. The van der Waals surface area contributed by atoms with Crippen molar-refractivity contribution in [3.8, 4) is 0 Å². The number of aryl methyl sites for hydroxylation is 1. The molecule has 0 heterocycles. The second-order valence-electron chi connectivity index (χ2n) is 6.42. The summed E-state index contributed by atoms with van der Waals surface area (Å²) in [6.07, 6.45) is 0. The number of hydrogen-bond acceptors (Lipinski definition) is 4. The van der Waals surface area contributed by atoms with Gasteiger partial charge in [0.15, 0.2) is 0 Å². The maximum atomic E-state index is 12.0. The van der Waals surface area contributed by atoms with Crippen molar-refractivity contribution < 1.29 is 9.59 Å². The summed E-state index contributed by atoms with van der Waals surface area (Å²) in [6, 6.07) is 5.36. The Morgan fingerprint density at radius 2 is 1.80 bits per heavy atom. The number of nitrogens with zero attached hydrogens (tertiary/aromatic N) is 1. The molecule has 0 unspecified atom stereocenters. The molecule has 0 fully saturated rings. The van der Waals surface area contributed by atoms with Crippen LogP contribution in [0.4, 0.5) is 5.69 Å². The number of nitrogens with one attached hydrogen (secondary N) is 2. The van der Waals surface area contributed by atoms with Gasteiger partial charge in [-0.05, 0) is 44.1 Å². The van der Waals surface area contributed by atoms with Crippen molar-refractivity contribution in [2.24, 2.45) is 11.7 Å². The third-order valence-electron chi connectivity index (χ3n) is 3.52. The number of nitrogens with two attached hydrogens (primary N) is 1. The van der Waals surface area contributed by atoms with Crippen LogP contribution in [0.1, 0.15) is 25.0 Å². The highest BCUT2D eigenvalue weighted by molar-refractivity contribution is 5.95. The quantitative estimate of drug-likeness (QED) is 0.661. The van der Waals surface area contributed by atoms with E-state index in [1.165, 1.54) is 0 Å². The topological polar surface area (TPSA) is 87.5 Å². The molecule has 0 aromatic heterocycles. The molecule has 0 aliphatic heterocycles. The first-order chi connectivity index (χ1) is 10.7. The van der Waals surface area contributed by atoms with Crippen molar-refractivity contribution in [1.29, 1.82) is 0 Å². The van der Waals surface area contributed by atoms with Crippen LogP contribution >= 0.6 is 24.8 Å². The summed E-state index contributed by atoms with van der Waals surface area (Å²) in [5.41, 5.74) is 8.59. The van der Waals surface area contributed by atoms with Gasteiger partial charge in [0.25, 0.3) is 0 Å². The van der Waals surface area contributed by atoms with Gasteiger partial charge in [-0.15, -0.1) is 24.8 Å².